The second kappa shape index (κ2) is 5.62. The summed E-state index contributed by atoms with van der Waals surface area (Å²) in [4.78, 5) is 0.757. The van der Waals surface area contributed by atoms with Crippen molar-refractivity contribution in [1.82, 2.24) is 5.32 Å². The average molecular weight is 256 g/mol. The van der Waals surface area contributed by atoms with E-state index in [4.69, 9.17) is 28.6 Å². The molecule has 1 heterocycles. The second-order valence-corrected chi connectivity index (χ2v) is 4.70. The highest BCUT2D eigenvalue weighted by Crippen LogP contribution is 2.12. The number of nitrogens with one attached hydrogen (secondary N) is 1. The molecule has 1 saturated heterocycles. The Balaban J connectivity index is 1.85. The molecule has 0 aromatic heterocycles. The third-order valence-electron chi connectivity index (χ3n) is 2.62. The lowest BCUT2D eigenvalue weighted by Crippen LogP contribution is -2.31. The van der Waals surface area contributed by atoms with Gasteiger partial charge in [-0.05, 0) is 25.0 Å². The molecule has 0 aliphatic carbocycles. The highest BCUT2D eigenvalue weighted by atomic mass is 35.5. The van der Waals surface area contributed by atoms with Gasteiger partial charge in [-0.25, -0.2) is 0 Å². The van der Waals surface area contributed by atoms with E-state index in [0.717, 1.165) is 41.6 Å². The third kappa shape index (κ3) is 3.17. The standard InChI is InChI=1S/C12H14ClNOS/c13-10-5-3-9(4-6-10)12(16)14-8-11-2-1-7-15-11/h3-6,11H,1-2,7-8H2,(H,14,16). The fraction of sp³-hybridized carbons (Fsp3) is 0.417. The molecule has 2 nitrogen and oxygen atoms in total. The summed E-state index contributed by atoms with van der Waals surface area (Å²) in [5, 5.41) is 3.95. The number of benzene rings is 1. The summed E-state index contributed by atoms with van der Waals surface area (Å²) < 4.78 is 5.52. The van der Waals surface area contributed by atoms with Crippen molar-refractivity contribution < 1.29 is 4.74 Å². The zero-order valence-corrected chi connectivity index (χ0v) is 10.5. The Morgan fingerprint density at radius 1 is 1.44 bits per heavy atom. The van der Waals surface area contributed by atoms with Crippen LogP contribution in [0.5, 0.6) is 0 Å². The number of halogens is 1. The van der Waals surface area contributed by atoms with Crippen LogP contribution in [0.25, 0.3) is 0 Å². The lowest BCUT2D eigenvalue weighted by Gasteiger charge is -2.12. The van der Waals surface area contributed by atoms with Crippen LogP contribution in [-0.2, 0) is 4.74 Å². The van der Waals surface area contributed by atoms with Crippen LogP contribution in [0.1, 0.15) is 18.4 Å². The summed E-state index contributed by atoms with van der Waals surface area (Å²) in [6.07, 6.45) is 2.58. The van der Waals surface area contributed by atoms with E-state index in [-0.39, 0.29) is 0 Å². The molecule has 4 heteroatoms. The van der Waals surface area contributed by atoms with Gasteiger partial charge in [0.25, 0.3) is 0 Å². The first kappa shape index (κ1) is 11.8. The van der Waals surface area contributed by atoms with Crippen LogP contribution in [0.3, 0.4) is 0 Å². The maximum atomic E-state index is 5.81. The van der Waals surface area contributed by atoms with Gasteiger partial charge in [0.05, 0.1) is 6.10 Å². The Bertz CT molecular complexity index is 360. The largest absolute Gasteiger partial charge is 0.376 e. The molecule has 16 heavy (non-hydrogen) atoms. The van der Waals surface area contributed by atoms with Gasteiger partial charge in [-0.15, -0.1) is 0 Å². The minimum atomic E-state index is 0.310. The van der Waals surface area contributed by atoms with Gasteiger partial charge >= 0.3 is 0 Å². The Labute approximate surface area is 106 Å². The lowest BCUT2D eigenvalue weighted by molar-refractivity contribution is 0.114. The summed E-state index contributed by atoms with van der Waals surface area (Å²) in [5.74, 6) is 0. The summed E-state index contributed by atoms with van der Waals surface area (Å²) in [5.41, 5.74) is 0.998. The second-order valence-electron chi connectivity index (χ2n) is 3.85. The SMILES string of the molecule is S=C(NCC1CCCO1)c1ccc(Cl)cc1. The summed E-state index contributed by atoms with van der Waals surface area (Å²) in [7, 11) is 0. The molecule has 1 aliphatic rings. The minimum Gasteiger partial charge on any atom is -0.376 e. The topological polar surface area (TPSA) is 21.3 Å². The Morgan fingerprint density at radius 2 is 2.19 bits per heavy atom. The fourth-order valence-electron chi connectivity index (χ4n) is 1.72. The van der Waals surface area contributed by atoms with Gasteiger partial charge in [-0.1, -0.05) is 36.0 Å². The predicted molar refractivity (Wildman–Crippen MR) is 70.1 cm³/mol. The number of ether oxygens (including phenoxy) is 1. The van der Waals surface area contributed by atoms with Crippen molar-refractivity contribution >= 4 is 28.8 Å². The smallest absolute Gasteiger partial charge is 0.106 e. The maximum absolute atomic E-state index is 5.81. The van der Waals surface area contributed by atoms with E-state index in [2.05, 4.69) is 5.32 Å². The first-order valence-corrected chi connectivity index (χ1v) is 6.20. The molecule has 1 aliphatic heterocycles. The first-order valence-electron chi connectivity index (χ1n) is 5.41. The monoisotopic (exact) mass is 255 g/mol. The van der Waals surface area contributed by atoms with E-state index in [0.29, 0.717) is 6.10 Å². The van der Waals surface area contributed by atoms with Crippen LogP contribution in [0, 0.1) is 0 Å². The van der Waals surface area contributed by atoms with Crippen molar-refractivity contribution in [1.29, 1.82) is 0 Å². The minimum absolute atomic E-state index is 0.310. The molecule has 0 bridgehead atoms. The van der Waals surface area contributed by atoms with E-state index >= 15 is 0 Å². The van der Waals surface area contributed by atoms with E-state index < -0.39 is 0 Å². The lowest BCUT2D eigenvalue weighted by atomic mass is 10.2. The van der Waals surface area contributed by atoms with Crippen molar-refractivity contribution in [2.75, 3.05) is 13.2 Å². The molecule has 1 N–H and O–H groups in total. The van der Waals surface area contributed by atoms with Crippen molar-refractivity contribution in [2.24, 2.45) is 0 Å². The van der Waals surface area contributed by atoms with Gasteiger partial charge < -0.3 is 10.1 Å². The van der Waals surface area contributed by atoms with Gasteiger partial charge in [-0.2, -0.15) is 0 Å². The van der Waals surface area contributed by atoms with Gasteiger partial charge in [0.2, 0.25) is 0 Å². The van der Waals surface area contributed by atoms with Crippen LogP contribution in [0.4, 0.5) is 0 Å². The predicted octanol–water partition coefficient (Wildman–Crippen LogP) is 2.78. The molecule has 1 aromatic rings. The summed E-state index contributed by atoms with van der Waals surface area (Å²) >= 11 is 11.1. The normalized spacial score (nSPS) is 19.7. The van der Waals surface area contributed by atoms with E-state index in [1.165, 1.54) is 0 Å². The molecule has 2 rings (SSSR count). The van der Waals surface area contributed by atoms with Gasteiger partial charge in [0, 0.05) is 23.7 Å². The Morgan fingerprint density at radius 3 is 2.81 bits per heavy atom. The Hall–Kier alpha value is -0.640. The third-order valence-corrected chi connectivity index (χ3v) is 3.25. The summed E-state index contributed by atoms with van der Waals surface area (Å²) in [6, 6.07) is 7.54. The number of hydrogen-bond donors (Lipinski definition) is 1. The van der Waals surface area contributed by atoms with Gasteiger partial charge in [-0.3, -0.25) is 0 Å². The van der Waals surface area contributed by atoms with Gasteiger partial charge in [0.15, 0.2) is 0 Å². The Kier molecular flexibility index (Phi) is 4.16. The summed E-state index contributed by atoms with van der Waals surface area (Å²) in [6.45, 7) is 1.67. The highest BCUT2D eigenvalue weighted by molar-refractivity contribution is 7.80. The molecule has 0 spiro atoms. The highest BCUT2D eigenvalue weighted by Gasteiger charge is 2.15. The number of thiocarbonyl (C=S) groups is 1. The molecular weight excluding hydrogens is 242 g/mol. The van der Waals surface area contributed by atoms with E-state index in [9.17, 15) is 0 Å². The fourth-order valence-corrected chi connectivity index (χ4v) is 2.06. The van der Waals surface area contributed by atoms with Crippen LogP contribution < -0.4 is 5.32 Å². The molecule has 1 fully saturated rings. The van der Waals surface area contributed by atoms with Crippen molar-refractivity contribution in [3.05, 3.63) is 34.9 Å². The molecule has 86 valence electrons. The molecule has 1 atom stereocenters. The molecule has 0 saturated carbocycles. The van der Waals surface area contributed by atoms with E-state index in [1.807, 2.05) is 24.3 Å². The molecule has 1 aromatic carbocycles. The van der Waals surface area contributed by atoms with Crippen LogP contribution in [-0.4, -0.2) is 24.2 Å². The first-order chi connectivity index (χ1) is 7.75. The van der Waals surface area contributed by atoms with Crippen LogP contribution in [0.15, 0.2) is 24.3 Å². The van der Waals surface area contributed by atoms with Crippen LogP contribution in [0.2, 0.25) is 5.02 Å². The zero-order valence-electron chi connectivity index (χ0n) is 8.91. The zero-order chi connectivity index (χ0) is 11.4. The quantitative estimate of drug-likeness (QED) is 0.840. The number of hydrogen-bond acceptors (Lipinski definition) is 2. The van der Waals surface area contributed by atoms with Crippen LogP contribution >= 0.6 is 23.8 Å². The number of rotatable bonds is 3. The van der Waals surface area contributed by atoms with E-state index in [1.54, 1.807) is 0 Å². The van der Waals surface area contributed by atoms with Crippen molar-refractivity contribution in [3.8, 4) is 0 Å². The van der Waals surface area contributed by atoms with Gasteiger partial charge in [0.1, 0.15) is 4.99 Å². The molecule has 0 amide bonds. The average Bonchev–Trinajstić information content (AvgIpc) is 2.80. The van der Waals surface area contributed by atoms with Crippen molar-refractivity contribution in [2.45, 2.75) is 18.9 Å². The molecule has 1 unspecified atom stereocenters. The maximum Gasteiger partial charge on any atom is 0.106 e. The molecule has 0 radical (unpaired) electrons. The van der Waals surface area contributed by atoms with Crippen molar-refractivity contribution in [3.63, 3.8) is 0 Å². The molecular formula is C12H14ClNOS.